The van der Waals surface area contributed by atoms with Crippen molar-refractivity contribution in [2.75, 3.05) is 12.4 Å². The average Bonchev–Trinajstić information content (AvgIpc) is 2.35. The van der Waals surface area contributed by atoms with Crippen LogP contribution in [0.5, 0.6) is 0 Å². The summed E-state index contributed by atoms with van der Waals surface area (Å²) in [6, 6.07) is 5.85. The molecule has 0 amide bonds. The minimum atomic E-state index is -3.47. The number of carboxylic acids is 1. The van der Waals surface area contributed by atoms with E-state index in [2.05, 4.69) is 4.72 Å². The third-order valence-corrected chi connectivity index (χ3v) is 3.65. The molecule has 0 aromatic heterocycles. The van der Waals surface area contributed by atoms with Crippen LogP contribution in [0.3, 0.4) is 0 Å². The lowest BCUT2D eigenvalue weighted by molar-refractivity contribution is 0.0697. The zero-order valence-electron chi connectivity index (χ0n) is 9.60. The third kappa shape index (κ3) is 4.80. The lowest BCUT2D eigenvalue weighted by atomic mass is 10.1. The first kappa shape index (κ1) is 14.6. The number of nitrogens with one attached hydrogen (secondary N) is 1. The summed E-state index contributed by atoms with van der Waals surface area (Å²) in [5, 5.41) is 8.68. The Balaban J connectivity index is 2.56. The quantitative estimate of drug-likeness (QED) is 0.782. The maximum atomic E-state index is 11.9. The van der Waals surface area contributed by atoms with E-state index in [9.17, 15) is 17.6 Å². The Bertz CT molecular complexity index is 498. The molecular formula is C11H14FNO4S. The van der Waals surface area contributed by atoms with Crippen molar-refractivity contribution in [3.63, 3.8) is 0 Å². The zero-order valence-corrected chi connectivity index (χ0v) is 10.4. The van der Waals surface area contributed by atoms with Gasteiger partial charge in [0.25, 0.3) is 0 Å². The molecule has 1 aromatic carbocycles. The Kier molecular flexibility index (Phi) is 5.24. The van der Waals surface area contributed by atoms with Gasteiger partial charge in [-0.25, -0.2) is 17.9 Å². The highest BCUT2D eigenvalue weighted by Crippen LogP contribution is 2.05. The number of aromatic carboxylic acids is 1. The highest BCUT2D eigenvalue weighted by Gasteiger charge is 2.09. The molecule has 0 saturated carbocycles. The summed E-state index contributed by atoms with van der Waals surface area (Å²) in [5.41, 5.74) is 0.780. The van der Waals surface area contributed by atoms with Crippen LogP contribution >= 0.6 is 0 Å². The van der Waals surface area contributed by atoms with Crippen molar-refractivity contribution in [3.05, 3.63) is 35.4 Å². The Hall–Kier alpha value is -1.47. The minimum absolute atomic E-state index is 0.0344. The summed E-state index contributed by atoms with van der Waals surface area (Å²) in [5.74, 6) is -1.29. The summed E-state index contributed by atoms with van der Waals surface area (Å²) in [6.45, 7) is -0.608. The summed E-state index contributed by atoms with van der Waals surface area (Å²) >= 11 is 0. The van der Waals surface area contributed by atoms with E-state index < -0.39 is 22.7 Å². The Morgan fingerprint density at radius 2 is 1.89 bits per heavy atom. The van der Waals surface area contributed by atoms with Crippen molar-refractivity contribution in [2.45, 2.75) is 13.0 Å². The van der Waals surface area contributed by atoms with Crippen molar-refractivity contribution in [1.82, 2.24) is 4.72 Å². The van der Waals surface area contributed by atoms with Crippen LogP contribution in [0.15, 0.2) is 24.3 Å². The van der Waals surface area contributed by atoms with Crippen LogP contribution in [0, 0.1) is 0 Å². The number of carboxylic acid groups (broad SMARTS) is 1. The van der Waals surface area contributed by atoms with Gasteiger partial charge in [0, 0.05) is 6.54 Å². The molecule has 0 bridgehead atoms. The van der Waals surface area contributed by atoms with E-state index in [1.165, 1.54) is 24.3 Å². The van der Waals surface area contributed by atoms with Gasteiger partial charge in [-0.1, -0.05) is 12.1 Å². The van der Waals surface area contributed by atoms with Crippen LogP contribution in [0.4, 0.5) is 4.39 Å². The number of carbonyl (C=O) groups is 1. The van der Waals surface area contributed by atoms with Crippen LogP contribution in [0.1, 0.15) is 22.3 Å². The molecule has 0 radical (unpaired) electrons. The Labute approximate surface area is 105 Å². The van der Waals surface area contributed by atoms with E-state index in [-0.39, 0.29) is 24.3 Å². The number of halogens is 1. The van der Waals surface area contributed by atoms with Crippen LogP contribution in [-0.2, 0) is 16.6 Å². The fraction of sp³-hybridized carbons (Fsp3) is 0.364. The molecule has 5 nitrogen and oxygen atoms in total. The smallest absolute Gasteiger partial charge is 0.335 e. The fourth-order valence-corrected chi connectivity index (χ4v) is 2.30. The topological polar surface area (TPSA) is 83.5 Å². The zero-order chi connectivity index (χ0) is 13.6. The number of alkyl halides is 1. The molecule has 0 unspecified atom stereocenters. The van der Waals surface area contributed by atoms with Crippen molar-refractivity contribution < 1.29 is 22.7 Å². The molecule has 0 fully saturated rings. The van der Waals surface area contributed by atoms with E-state index in [4.69, 9.17) is 5.11 Å². The monoisotopic (exact) mass is 275 g/mol. The number of hydrogen-bond acceptors (Lipinski definition) is 3. The highest BCUT2D eigenvalue weighted by molar-refractivity contribution is 7.89. The fourth-order valence-electron chi connectivity index (χ4n) is 1.28. The molecule has 0 aliphatic carbocycles. The number of benzene rings is 1. The molecule has 7 heteroatoms. The number of hydrogen-bond donors (Lipinski definition) is 2. The predicted molar refractivity (Wildman–Crippen MR) is 64.6 cm³/mol. The van der Waals surface area contributed by atoms with Gasteiger partial charge in [-0.3, -0.25) is 4.39 Å². The second-order valence-corrected chi connectivity index (χ2v) is 5.61. The van der Waals surface area contributed by atoms with Crippen LogP contribution in [0.25, 0.3) is 0 Å². The lowest BCUT2D eigenvalue weighted by Crippen LogP contribution is -2.26. The molecule has 1 rings (SSSR count). The third-order valence-electron chi connectivity index (χ3n) is 2.24. The second-order valence-electron chi connectivity index (χ2n) is 3.68. The summed E-state index contributed by atoms with van der Waals surface area (Å²) in [7, 11) is -3.47. The molecule has 0 aliphatic heterocycles. The highest BCUT2D eigenvalue weighted by atomic mass is 32.2. The van der Waals surface area contributed by atoms with Crippen LogP contribution in [0.2, 0.25) is 0 Å². The molecule has 0 saturated heterocycles. The van der Waals surface area contributed by atoms with E-state index in [0.717, 1.165) is 0 Å². The van der Waals surface area contributed by atoms with Crippen molar-refractivity contribution in [3.8, 4) is 0 Å². The maximum absolute atomic E-state index is 11.9. The van der Waals surface area contributed by atoms with Crippen LogP contribution in [-0.4, -0.2) is 31.9 Å². The Morgan fingerprint density at radius 3 is 2.39 bits per heavy atom. The van der Waals surface area contributed by atoms with Gasteiger partial charge in [-0.2, -0.15) is 0 Å². The van der Waals surface area contributed by atoms with Gasteiger partial charge < -0.3 is 5.11 Å². The first-order valence-corrected chi connectivity index (χ1v) is 6.95. The van der Waals surface area contributed by atoms with Gasteiger partial charge in [-0.05, 0) is 24.1 Å². The summed E-state index contributed by atoms with van der Waals surface area (Å²) in [6.07, 6.45) is -0.0344. The predicted octanol–water partition coefficient (Wildman–Crippen LogP) is 1.16. The van der Waals surface area contributed by atoms with Gasteiger partial charge in [0.15, 0.2) is 0 Å². The van der Waals surface area contributed by atoms with E-state index >= 15 is 0 Å². The molecule has 0 aliphatic rings. The van der Waals surface area contributed by atoms with E-state index in [1.54, 1.807) is 0 Å². The molecule has 2 N–H and O–H groups in total. The van der Waals surface area contributed by atoms with Crippen molar-refractivity contribution >= 4 is 16.0 Å². The Morgan fingerprint density at radius 1 is 1.28 bits per heavy atom. The molecular weight excluding hydrogens is 261 g/mol. The SMILES string of the molecule is O=C(O)c1ccc(CNS(=O)(=O)CCCF)cc1. The largest absolute Gasteiger partial charge is 0.478 e. The van der Waals surface area contributed by atoms with Gasteiger partial charge in [0.05, 0.1) is 18.0 Å². The van der Waals surface area contributed by atoms with Crippen LogP contribution < -0.4 is 4.72 Å². The van der Waals surface area contributed by atoms with Crippen molar-refractivity contribution in [1.29, 1.82) is 0 Å². The first-order chi connectivity index (χ1) is 8.44. The minimum Gasteiger partial charge on any atom is -0.478 e. The lowest BCUT2D eigenvalue weighted by Gasteiger charge is -2.06. The molecule has 18 heavy (non-hydrogen) atoms. The van der Waals surface area contributed by atoms with Gasteiger partial charge >= 0.3 is 5.97 Å². The summed E-state index contributed by atoms with van der Waals surface area (Å²) < 4.78 is 36.9. The van der Waals surface area contributed by atoms with E-state index in [1.807, 2.05) is 0 Å². The standard InChI is InChI=1S/C11H14FNO4S/c12-6-1-7-18(16,17)13-8-9-2-4-10(5-3-9)11(14)15/h2-5,13H,1,6-8H2,(H,14,15). The average molecular weight is 275 g/mol. The first-order valence-electron chi connectivity index (χ1n) is 5.30. The molecule has 100 valence electrons. The van der Waals surface area contributed by atoms with Gasteiger partial charge in [0.2, 0.25) is 10.0 Å². The summed E-state index contributed by atoms with van der Waals surface area (Å²) in [4.78, 5) is 10.6. The number of rotatable bonds is 7. The van der Waals surface area contributed by atoms with Gasteiger partial charge in [-0.15, -0.1) is 0 Å². The molecule has 0 heterocycles. The van der Waals surface area contributed by atoms with Crippen molar-refractivity contribution in [2.24, 2.45) is 0 Å². The van der Waals surface area contributed by atoms with Gasteiger partial charge in [0.1, 0.15) is 0 Å². The van der Waals surface area contributed by atoms with E-state index in [0.29, 0.717) is 5.56 Å². The molecule has 0 spiro atoms. The molecule has 1 aromatic rings. The maximum Gasteiger partial charge on any atom is 0.335 e. The second kappa shape index (κ2) is 6.46. The normalized spacial score (nSPS) is 11.4. The molecule has 0 atom stereocenters. The number of sulfonamides is 1.